The molecule has 1 aromatic carbocycles. The molecule has 3 rings (SSSR count). The predicted octanol–water partition coefficient (Wildman–Crippen LogP) is 2.85. The van der Waals surface area contributed by atoms with E-state index in [1.807, 2.05) is 0 Å². The van der Waals surface area contributed by atoms with Crippen LogP contribution in [0.4, 0.5) is 4.39 Å². The number of carbonyl (C=O) groups is 1. The summed E-state index contributed by atoms with van der Waals surface area (Å²) >= 11 is 0. The van der Waals surface area contributed by atoms with Crippen LogP contribution in [0, 0.1) is 5.82 Å². The molecule has 0 bridgehead atoms. The Morgan fingerprint density at radius 3 is 2.81 bits per heavy atom. The zero-order valence-electron chi connectivity index (χ0n) is 11.1. The van der Waals surface area contributed by atoms with Gasteiger partial charge in [0.1, 0.15) is 17.2 Å². The van der Waals surface area contributed by atoms with Crippen molar-refractivity contribution in [1.82, 2.24) is 9.38 Å². The Morgan fingerprint density at radius 1 is 1.29 bits per heavy atom. The fourth-order valence-electron chi connectivity index (χ4n) is 2.16. The van der Waals surface area contributed by atoms with Crippen molar-refractivity contribution < 1.29 is 19.0 Å². The molecule has 1 N–H and O–H groups in total. The first-order chi connectivity index (χ1) is 10.1. The molecule has 2 aromatic heterocycles. The molecule has 0 amide bonds. The fourth-order valence-corrected chi connectivity index (χ4v) is 2.16. The van der Waals surface area contributed by atoms with Crippen LogP contribution in [0.15, 0.2) is 42.7 Å². The number of imidazole rings is 1. The van der Waals surface area contributed by atoms with Gasteiger partial charge < -0.3 is 14.2 Å². The van der Waals surface area contributed by atoms with Gasteiger partial charge in [0.15, 0.2) is 5.69 Å². The monoisotopic (exact) mass is 286 g/mol. The Hall–Kier alpha value is -2.89. The van der Waals surface area contributed by atoms with E-state index in [9.17, 15) is 9.18 Å². The number of benzene rings is 1. The highest BCUT2D eigenvalue weighted by Crippen LogP contribution is 2.30. The SMILES string of the molecule is COc1ccc(F)cc1-c1ccc2nc(C(=O)O)cn2c1. The van der Waals surface area contributed by atoms with E-state index >= 15 is 0 Å². The molecule has 0 unspecified atom stereocenters. The van der Waals surface area contributed by atoms with Crippen LogP contribution in [0.25, 0.3) is 16.8 Å². The second-order valence-electron chi connectivity index (χ2n) is 4.46. The van der Waals surface area contributed by atoms with Gasteiger partial charge in [-0.15, -0.1) is 0 Å². The molecule has 0 aliphatic carbocycles. The van der Waals surface area contributed by atoms with Crippen molar-refractivity contribution in [3.63, 3.8) is 0 Å². The van der Waals surface area contributed by atoms with E-state index in [4.69, 9.17) is 9.84 Å². The van der Waals surface area contributed by atoms with Crippen molar-refractivity contribution in [3.8, 4) is 16.9 Å². The lowest BCUT2D eigenvalue weighted by Gasteiger charge is -2.09. The molecular weight excluding hydrogens is 275 g/mol. The first kappa shape index (κ1) is 13.1. The summed E-state index contributed by atoms with van der Waals surface area (Å²) in [7, 11) is 1.51. The summed E-state index contributed by atoms with van der Waals surface area (Å²) in [6, 6.07) is 7.65. The molecule has 5 nitrogen and oxygen atoms in total. The molecule has 21 heavy (non-hydrogen) atoms. The summed E-state index contributed by atoms with van der Waals surface area (Å²) in [5, 5.41) is 8.95. The number of carboxylic acid groups (broad SMARTS) is 1. The first-order valence-electron chi connectivity index (χ1n) is 6.14. The molecular formula is C15H11FN2O3. The highest BCUT2D eigenvalue weighted by molar-refractivity contribution is 5.86. The molecule has 2 heterocycles. The number of methoxy groups -OCH3 is 1. The van der Waals surface area contributed by atoms with Crippen molar-refractivity contribution in [3.05, 3.63) is 54.2 Å². The van der Waals surface area contributed by atoms with Crippen LogP contribution >= 0.6 is 0 Å². The topological polar surface area (TPSA) is 63.8 Å². The number of nitrogens with zero attached hydrogens (tertiary/aromatic N) is 2. The van der Waals surface area contributed by atoms with E-state index in [1.165, 1.54) is 25.4 Å². The standard InChI is InChI=1S/C15H11FN2O3/c1-21-13-4-3-10(16)6-11(13)9-2-5-14-17-12(15(19)20)8-18(14)7-9/h2-8H,1H3,(H,19,20). The quantitative estimate of drug-likeness (QED) is 0.804. The van der Waals surface area contributed by atoms with Crippen LogP contribution in [0.3, 0.4) is 0 Å². The van der Waals surface area contributed by atoms with E-state index in [-0.39, 0.29) is 11.5 Å². The number of aromatic carboxylic acids is 1. The van der Waals surface area contributed by atoms with Crippen molar-refractivity contribution in [2.45, 2.75) is 0 Å². The number of pyridine rings is 1. The molecule has 0 radical (unpaired) electrons. The predicted molar refractivity (Wildman–Crippen MR) is 74.1 cm³/mol. The van der Waals surface area contributed by atoms with E-state index in [0.717, 1.165) is 0 Å². The maximum Gasteiger partial charge on any atom is 0.356 e. The van der Waals surface area contributed by atoms with Gasteiger partial charge in [0.2, 0.25) is 0 Å². The molecule has 0 fully saturated rings. The number of carboxylic acids is 1. The smallest absolute Gasteiger partial charge is 0.356 e. The number of aromatic nitrogens is 2. The summed E-state index contributed by atoms with van der Waals surface area (Å²) in [6.45, 7) is 0. The lowest BCUT2D eigenvalue weighted by molar-refractivity contribution is 0.0691. The number of ether oxygens (including phenoxy) is 1. The molecule has 0 aliphatic heterocycles. The first-order valence-corrected chi connectivity index (χ1v) is 6.14. The Balaban J connectivity index is 2.17. The van der Waals surface area contributed by atoms with Crippen LogP contribution in [0.2, 0.25) is 0 Å². The Morgan fingerprint density at radius 2 is 2.10 bits per heavy atom. The molecule has 0 aliphatic rings. The zero-order chi connectivity index (χ0) is 15.0. The molecule has 106 valence electrons. The van der Waals surface area contributed by atoms with E-state index in [2.05, 4.69) is 4.98 Å². The summed E-state index contributed by atoms with van der Waals surface area (Å²) in [5.41, 5.74) is 1.75. The number of fused-ring (bicyclic) bond motifs is 1. The largest absolute Gasteiger partial charge is 0.496 e. The summed E-state index contributed by atoms with van der Waals surface area (Å²) < 4.78 is 20.3. The van der Waals surface area contributed by atoms with E-state index in [0.29, 0.717) is 22.5 Å². The molecule has 0 atom stereocenters. The van der Waals surface area contributed by atoms with Crippen molar-refractivity contribution in [2.24, 2.45) is 0 Å². The van der Waals surface area contributed by atoms with Gasteiger partial charge in [0.05, 0.1) is 7.11 Å². The van der Waals surface area contributed by atoms with E-state index in [1.54, 1.807) is 28.8 Å². The van der Waals surface area contributed by atoms with Gasteiger partial charge in [0.25, 0.3) is 0 Å². The number of rotatable bonds is 3. The van der Waals surface area contributed by atoms with Gasteiger partial charge in [-0.25, -0.2) is 14.2 Å². The van der Waals surface area contributed by atoms with E-state index < -0.39 is 5.97 Å². The Kier molecular flexibility index (Phi) is 3.06. The second kappa shape index (κ2) is 4.90. The van der Waals surface area contributed by atoms with Gasteiger partial charge in [-0.2, -0.15) is 0 Å². The maximum absolute atomic E-state index is 13.4. The third-order valence-corrected chi connectivity index (χ3v) is 3.14. The zero-order valence-corrected chi connectivity index (χ0v) is 11.1. The molecule has 6 heteroatoms. The van der Waals surface area contributed by atoms with Gasteiger partial charge in [0, 0.05) is 23.5 Å². The van der Waals surface area contributed by atoms with Crippen LogP contribution in [0.1, 0.15) is 10.5 Å². The Bertz CT molecular complexity index is 842. The minimum absolute atomic E-state index is 0.0432. The van der Waals surface area contributed by atoms with Gasteiger partial charge in [-0.3, -0.25) is 0 Å². The molecule has 0 saturated carbocycles. The number of halogens is 1. The normalized spacial score (nSPS) is 10.8. The van der Waals surface area contributed by atoms with Crippen molar-refractivity contribution >= 4 is 11.6 Å². The van der Waals surface area contributed by atoms with Crippen LogP contribution in [-0.2, 0) is 0 Å². The lowest BCUT2D eigenvalue weighted by Crippen LogP contribution is -1.94. The van der Waals surface area contributed by atoms with Gasteiger partial charge >= 0.3 is 5.97 Å². The van der Waals surface area contributed by atoms with Gasteiger partial charge in [-0.1, -0.05) is 0 Å². The number of hydrogen-bond donors (Lipinski definition) is 1. The highest BCUT2D eigenvalue weighted by atomic mass is 19.1. The third-order valence-electron chi connectivity index (χ3n) is 3.14. The molecule has 0 saturated heterocycles. The van der Waals surface area contributed by atoms with Crippen LogP contribution < -0.4 is 4.74 Å². The van der Waals surface area contributed by atoms with Gasteiger partial charge in [-0.05, 0) is 30.3 Å². The summed E-state index contributed by atoms with van der Waals surface area (Å²) in [5.74, 6) is -0.930. The van der Waals surface area contributed by atoms with Crippen molar-refractivity contribution in [1.29, 1.82) is 0 Å². The third kappa shape index (κ3) is 2.31. The summed E-state index contributed by atoms with van der Waals surface area (Å²) in [6.07, 6.45) is 3.10. The maximum atomic E-state index is 13.4. The minimum atomic E-state index is -1.09. The average molecular weight is 286 g/mol. The fraction of sp³-hybridized carbons (Fsp3) is 0.0667. The minimum Gasteiger partial charge on any atom is -0.496 e. The second-order valence-corrected chi connectivity index (χ2v) is 4.46. The van der Waals surface area contributed by atoms with Crippen LogP contribution in [-0.4, -0.2) is 27.6 Å². The average Bonchev–Trinajstić information content (AvgIpc) is 2.90. The Labute approximate surface area is 119 Å². The highest BCUT2D eigenvalue weighted by Gasteiger charge is 2.11. The van der Waals surface area contributed by atoms with Crippen LogP contribution in [0.5, 0.6) is 5.75 Å². The summed E-state index contributed by atoms with van der Waals surface area (Å²) in [4.78, 5) is 14.9. The van der Waals surface area contributed by atoms with Crippen molar-refractivity contribution in [2.75, 3.05) is 7.11 Å². The molecule has 3 aromatic rings. The molecule has 0 spiro atoms. The number of hydrogen-bond acceptors (Lipinski definition) is 3. The lowest BCUT2D eigenvalue weighted by atomic mass is 10.1.